The highest BCUT2D eigenvalue weighted by Crippen LogP contribution is 2.39. The first-order valence-corrected chi connectivity index (χ1v) is 9.61. The van der Waals surface area contributed by atoms with Crippen LogP contribution < -0.4 is 0 Å². The second-order valence-corrected chi connectivity index (χ2v) is 7.59. The van der Waals surface area contributed by atoms with Crippen LogP contribution in [0.5, 0.6) is 0 Å². The lowest BCUT2D eigenvalue weighted by Gasteiger charge is -2.33. The molecule has 29 heavy (non-hydrogen) atoms. The molecule has 0 bridgehead atoms. The first-order valence-electron chi connectivity index (χ1n) is 9.61. The molecular formula is C20H23F3N4O2. The highest BCUT2D eigenvalue weighted by molar-refractivity contribution is 5.94. The molecule has 0 spiro atoms. The number of ether oxygens (including phenoxy) is 1. The Morgan fingerprint density at radius 2 is 1.97 bits per heavy atom. The van der Waals surface area contributed by atoms with E-state index in [0.717, 1.165) is 17.3 Å². The summed E-state index contributed by atoms with van der Waals surface area (Å²) >= 11 is 0. The largest absolute Gasteiger partial charge is 0.416 e. The van der Waals surface area contributed by atoms with Crippen LogP contribution in [0.15, 0.2) is 24.3 Å². The van der Waals surface area contributed by atoms with Crippen LogP contribution in [0.2, 0.25) is 0 Å². The van der Waals surface area contributed by atoms with Gasteiger partial charge in [-0.05, 0) is 30.4 Å². The van der Waals surface area contributed by atoms with E-state index in [9.17, 15) is 18.0 Å². The van der Waals surface area contributed by atoms with Gasteiger partial charge in [0.1, 0.15) is 0 Å². The number of amides is 1. The maximum absolute atomic E-state index is 13.3. The van der Waals surface area contributed by atoms with E-state index in [4.69, 9.17) is 4.74 Å². The van der Waals surface area contributed by atoms with E-state index in [1.54, 1.807) is 24.1 Å². The van der Waals surface area contributed by atoms with Gasteiger partial charge in [-0.3, -0.25) is 14.8 Å². The van der Waals surface area contributed by atoms with Crippen molar-refractivity contribution in [3.05, 3.63) is 52.3 Å². The number of nitrogens with zero attached hydrogens (tertiary/aromatic N) is 3. The maximum Gasteiger partial charge on any atom is 0.416 e. The second-order valence-electron chi connectivity index (χ2n) is 7.59. The Morgan fingerprint density at radius 1 is 1.24 bits per heavy atom. The standard InChI is InChI=1S/C20H23F3N4O2/c1-29-12-26-10-15-17(11-26)24-25-18(15)19(28)27-8-6-13(7-9-27)14-4-2-3-5-16(14)20(21,22)23/h2-5,13H,6-12H2,1H3,(H,24,25). The number of carbonyl (C=O) groups excluding carboxylic acids is 1. The van der Waals surface area contributed by atoms with Crippen molar-refractivity contribution in [2.24, 2.45) is 0 Å². The Labute approximate surface area is 166 Å². The Kier molecular flexibility index (Phi) is 5.35. The normalized spacial score (nSPS) is 18.3. The Hall–Kier alpha value is -2.39. The summed E-state index contributed by atoms with van der Waals surface area (Å²) in [6.45, 7) is 2.55. The molecule has 0 aliphatic carbocycles. The van der Waals surface area contributed by atoms with Crippen LogP contribution in [0, 0.1) is 0 Å². The van der Waals surface area contributed by atoms with Crippen LogP contribution in [-0.4, -0.2) is 52.8 Å². The predicted octanol–water partition coefficient (Wildman–Crippen LogP) is 3.37. The molecule has 0 unspecified atom stereocenters. The zero-order valence-corrected chi connectivity index (χ0v) is 16.1. The molecule has 6 nitrogen and oxygen atoms in total. The van der Waals surface area contributed by atoms with Crippen LogP contribution in [-0.2, 0) is 24.0 Å². The zero-order chi connectivity index (χ0) is 20.6. The zero-order valence-electron chi connectivity index (χ0n) is 16.1. The third-order valence-corrected chi connectivity index (χ3v) is 5.72. The SMILES string of the molecule is COCN1Cc2[nH]nc(C(=O)N3CCC(c4ccccc4C(F)(F)F)CC3)c2C1. The van der Waals surface area contributed by atoms with E-state index in [0.29, 0.717) is 57.0 Å². The van der Waals surface area contributed by atoms with Crippen LogP contribution in [0.3, 0.4) is 0 Å². The molecule has 156 valence electrons. The van der Waals surface area contributed by atoms with E-state index in [2.05, 4.69) is 15.1 Å². The molecule has 9 heteroatoms. The summed E-state index contributed by atoms with van der Waals surface area (Å²) in [6.07, 6.45) is -3.37. The van der Waals surface area contributed by atoms with Crippen LogP contribution in [0.4, 0.5) is 13.2 Å². The van der Waals surface area contributed by atoms with Gasteiger partial charge in [0.25, 0.3) is 5.91 Å². The molecule has 3 heterocycles. The maximum atomic E-state index is 13.3. The van der Waals surface area contributed by atoms with Gasteiger partial charge in [-0.1, -0.05) is 18.2 Å². The number of halogens is 3. The average Bonchev–Trinajstić information content (AvgIpc) is 3.27. The van der Waals surface area contributed by atoms with E-state index < -0.39 is 11.7 Å². The van der Waals surface area contributed by atoms with E-state index in [-0.39, 0.29) is 11.8 Å². The number of fused-ring (bicyclic) bond motifs is 1. The smallest absolute Gasteiger partial charge is 0.369 e. The fourth-order valence-corrected chi connectivity index (χ4v) is 4.31. The summed E-state index contributed by atoms with van der Waals surface area (Å²) in [6, 6.07) is 5.73. The van der Waals surface area contributed by atoms with E-state index in [1.807, 2.05) is 0 Å². The third-order valence-electron chi connectivity index (χ3n) is 5.72. The van der Waals surface area contributed by atoms with Crippen molar-refractivity contribution < 1.29 is 22.7 Å². The van der Waals surface area contributed by atoms with Crippen molar-refractivity contribution >= 4 is 5.91 Å². The highest BCUT2D eigenvalue weighted by atomic mass is 19.4. The van der Waals surface area contributed by atoms with Gasteiger partial charge in [0, 0.05) is 38.9 Å². The quantitative estimate of drug-likeness (QED) is 0.843. The molecule has 2 aliphatic heterocycles. The number of carbonyl (C=O) groups is 1. The van der Waals surface area contributed by atoms with E-state index >= 15 is 0 Å². The molecule has 2 aromatic rings. The number of methoxy groups -OCH3 is 1. The molecule has 1 saturated heterocycles. The van der Waals surface area contributed by atoms with Gasteiger partial charge in [0.05, 0.1) is 18.0 Å². The van der Waals surface area contributed by atoms with Gasteiger partial charge >= 0.3 is 6.18 Å². The molecule has 1 aromatic carbocycles. The molecule has 1 N–H and O–H groups in total. The monoisotopic (exact) mass is 408 g/mol. The molecule has 0 saturated carbocycles. The number of likely N-dealkylation sites (tertiary alicyclic amines) is 1. The van der Waals surface area contributed by atoms with Gasteiger partial charge < -0.3 is 9.64 Å². The Balaban J connectivity index is 1.44. The lowest BCUT2D eigenvalue weighted by molar-refractivity contribution is -0.138. The number of aromatic nitrogens is 2. The number of alkyl halides is 3. The number of aromatic amines is 1. The first-order chi connectivity index (χ1) is 13.9. The van der Waals surface area contributed by atoms with Crippen molar-refractivity contribution in [3.8, 4) is 0 Å². The summed E-state index contributed by atoms with van der Waals surface area (Å²) in [5, 5.41) is 7.13. The highest BCUT2D eigenvalue weighted by Gasteiger charge is 2.37. The molecule has 1 amide bonds. The average molecular weight is 408 g/mol. The summed E-state index contributed by atoms with van der Waals surface area (Å²) in [7, 11) is 1.62. The number of hydrogen-bond acceptors (Lipinski definition) is 4. The fourth-order valence-electron chi connectivity index (χ4n) is 4.31. The molecule has 1 fully saturated rings. The summed E-state index contributed by atoms with van der Waals surface area (Å²) in [5.74, 6) is -0.372. The molecule has 1 aromatic heterocycles. The van der Waals surface area contributed by atoms with Crippen LogP contribution >= 0.6 is 0 Å². The number of hydrogen-bond donors (Lipinski definition) is 1. The number of piperidine rings is 1. The molecule has 0 atom stereocenters. The van der Waals surface area contributed by atoms with Crippen molar-refractivity contribution in [1.29, 1.82) is 0 Å². The third kappa shape index (κ3) is 3.89. The lowest BCUT2D eigenvalue weighted by atomic mass is 9.86. The topological polar surface area (TPSA) is 61.5 Å². The van der Waals surface area contributed by atoms with Crippen molar-refractivity contribution in [3.63, 3.8) is 0 Å². The second kappa shape index (κ2) is 7.79. The van der Waals surface area contributed by atoms with Crippen molar-refractivity contribution in [2.75, 3.05) is 26.9 Å². The predicted molar refractivity (Wildman–Crippen MR) is 99.0 cm³/mol. The fraction of sp³-hybridized carbons (Fsp3) is 0.500. The Morgan fingerprint density at radius 3 is 2.66 bits per heavy atom. The Bertz CT molecular complexity index is 888. The first kappa shape index (κ1) is 19.9. The minimum Gasteiger partial charge on any atom is -0.369 e. The van der Waals surface area contributed by atoms with Gasteiger partial charge in [-0.25, -0.2) is 0 Å². The number of rotatable bonds is 4. The van der Waals surface area contributed by atoms with Gasteiger partial charge in [0.15, 0.2) is 5.69 Å². The minimum atomic E-state index is -4.37. The number of H-pyrrole nitrogens is 1. The minimum absolute atomic E-state index is 0.163. The van der Waals surface area contributed by atoms with Crippen LogP contribution in [0.25, 0.3) is 0 Å². The van der Waals surface area contributed by atoms with E-state index in [1.165, 1.54) is 6.07 Å². The summed E-state index contributed by atoms with van der Waals surface area (Å²) < 4.78 is 45.1. The van der Waals surface area contributed by atoms with Gasteiger partial charge in [0.2, 0.25) is 0 Å². The molecule has 0 radical (unpaired) electrons. The van der Waals surface area contributed by atoms with Gasteiger partial charge in [-0.2, -0.15) is 18.3 Å². The molecule has 2 aliphatic rings. The van der Waals surface area contributed by atoms with Crippen molar-refractivity contribution in [1.82, 2.24) is 20.0 Å². The summed E-state index contributed by atoms with van der Waals surface area (Å²) in [5.41, 5.74) is 1.96. The molecule has 4 rings (SSSR count). The van der Waals surface area contributed by atoms with Crippen LogP contribution in [0.1, 0.15) is 51.6 Å². The lowest BCUT2D eigenvalue weighted by Crippen LogP contribution is -2.39. The summed E-state index contributed by atoms with van der Waals surface area (Å²) in [4.78, 5) is 16.7. The molecular weight excluding hydrogens is 385 g/mol. The van der Waals surface area contributed by atoms with Gasteiger partial charge in [-0.15, -0.1) is 0 Å². The van der Waals surface area contributed by atoms with Crippen molar-refractivity contribution in [2.45, 2.75) is 38.0 Å². The number of benzene rings is 1. The number of nitrogens with one attached hydrogen (secondary N) is 1.